The largest absolute Gasteiger partial charge is 0.508 e. The molecule has 1 aromatic heterocycles. The van der Waals surface area contributed by atoms with Crippen molar-refractivity contribution in [2.24, 2.45) is 0 Å². The molecule has 0 saturated heterocycles. The van der Waals surface area contributed by atoms with Gasteiger partial charge in [-0.3, -0.25) is 4.18 Å². The second kappa shape index (κ2) is 8.94. The van der Waals surface area contributed by atoms with Gasteiger partial charge >= 0.3 is 0 Å². The molecule has 182 valence electrons. The van der Waals surface area contributed by atoms with Gasteiger partial charge in [0.1, 0.15) is 28.2 Å². The molecule has 0 fully saturated rings. The maximum absolute atomic E-state index is 12.7. The van der Waals surface area contributed by atoms with Crippen molar-refractivity contribution >= 4 is 21.0 Å². The summed E-state index contributed by atoms with van der Waals surface area (Å²) < 4.78 is 44.5. The van der Waals surface area contributed by atoms with E-state index in [9.17, 15) is 13.5 Å². The molecule has 0 amide bonds. The lowest BCUT2D eigenvalue weighted by atomic mass is 10.1. The average Bonchev–Trinajstić information content (AvgIpc) is 3.13. The summed E-state index contributed by atoms with van der Waals surface area (Å²) in [4.78, 5) is -0.0306. The van der Waals surface area contributed by atoms with E-state index in [2.05, 4.69) is 17.6 Å². The first kappa shape index (κ1) is 23.3. The van der Waals surface area contributed by atoms with Crippen LogP contribution in [0.15, 0.2) is 65.6 Å². The van der Waals surface area contributed by atoms with Crippen LogP contribution in [0.25, 0.3) is 22.2 Å². The topological polar surface area (TPSA) is 87.0 Å². The van der Waals surface area contributed by atoms with Gasteiger partial charge in [-0.05, 0) is 66.9 Å². The Morgan fingerprint density at radius 2 is 1.86 bits per heavy atom. The van der Waals surface area contributed by atoms with Gasteiger partial charge in [0.05, 0.1) is 31.5 Å². The van der Waals surface area contributed by atoms with E-state index in [1.807, 2.05) is 36.4 Å². The van der Waals surface area contributed by atoms with Crippen LogP contribution in [0.1, 0.15) is 17.5 Å². The van der Waals surface area contributed by atoms with Crippen molar-refractivity contribution in [2.45, 2.75) is 37.8 Å². The Morgan fingerprint density at radius 3 is 2.60 bits per heavy atom. The molecule has 1 atom stereocenters. The Morgan fingerprint density at radius 1 is 1.09 bits per heavy atom. The van der Waals surface area contributed by atoms with Crippen LogP contribution in [-0.4, -0.2) is 37.9 Å². The Balaban J connectivity index is 1.40. The number of aryl methyl sites for hydroxylation is 2. The standard InChI is InChI=1S/C27H27NO6S/c1-17-7-10-20(29)15-25(17)35(30,31)33-14-13-22-16-28-26(19-8-11-21(32-3)12-9-19)18(2)23-5-4-6-24(34-22)27(23)28/h4-12,15,22,29H,13-14,16H2,1-3H3. The number of hydrogen-bond acceptors (Lipinski definition) is 6. The van der Waals surface area contributed by atoms with Crippen LogP contribution in [0.3, 0.4) is 0 Å². The number of benzene rings is 3. The SMILES string of the molecule is COc1ccc(-c2c(C)c3cccc4c3n2CC(CCOS(=O)(=O)c2cc(O)ccc2C)O4)cc1. The lowest BCUT2D eigenvalue weighted by molar-refractivity contribution is 0.139. The van der Waals surface area contributed by atoms with Gasteiger partial charge in [-0.1, -0.05) is 18.2 Å². The van der Waals surface area contributed by atoms with E-state index in [4.69, 9.17) is 13.7 Å². The summed E-state index contributed by atoms with van der Waals surface area (Å²) in [5.41, 5.74) is 4.89. The molecule has 35 heavy (non-hydrogen) atoms. The fourth-order valence-electron chi connectivity index (χ4n) is 4.73. The Hall–Kier alpha value is -3.49. The molecule has 0 bridgehead atoms. The Labute approximate surface area is 204 Å². The van der Waals surface area contributed by atoms with Crippen LogP contribution < -0.4 is 9.47 Å². The summed E-state index contributed by atoms with van der Waals surface area (Å²) in [7, 11) is -2.36. The molecule has 1 aliphatic heterocycles. The molecule has 1 N–H and O–H groups in total. The fourth-order valence-corrected chi connectivity index (χ4v) is 5.90. The maximum Gasteiger partial charge on any atom is 0.297 e. The zero-order chi connectivity index (χ0) is 24.7. The van der Waals surface area contributed by atoms with E-state index in [0.717, 1.165) is 39.2 Å². The number of phenols is 1. The molecule has 0 spiro atoms. The number of ether oxygens (including phenoxy) is 2. The van der Waals surface area contributed by atoms with Crippen molar-refractivity contribution in [1.29, 1.82) is 0 Å². The van der Waals surface area contributed by atoms with Gasteiger partial charge < -0.3 is 19.1 Å². The van der Waals surface area contributed by atoms with Gasteiger partial charge in [0.15, 0.2) is 0 Å². The molecular weight excluding hydrogens is 466 g/mol. The minimum Gasteiger partial charge on any atom is -0.508 e. The number of nitrogens with zero attached hydrogens (tertiary/aromatic N) is 1. The third-order valence-electron chi connectivity index (χ3n) is 6.46. The third kappa shape index (κ3) is 4.24. The molecule has 0 radical (unpaired) electrons. The summed E-state index contributed by atoms with van der Waals surface area (Å²) in [5.74, 6) is 1.44. The van der Waals surface area contributed by atoms with Crippen LogP contribution in [-0.2, 0) is 20.8 Å². The molecule has 0 aliphatic carbocycles. The van der Waals surface area contributed by atoms with Crippen LogP contribution >= 0.6 is 0 Å². The first-order chi connectivity index (χ1) is 16.8. The number of rotatable bonds is 7. The highest BCUT2D eigenvalue weighted by atomic mass is 32.2. The number of para-hydroxylation sites is 1. The summed E-state index contributed by atoms with van der Waals surface area (Å²) in [6.07, 6.45) is 0.115. The van der Waals surface area contributed by atoms with Gasteiger partial charge in [0.25, 0.3) is 10.1 Å². The molecule has 7 nitrogen and oxygen atoms in total. The molecule has 4 aromatic rings. The molecular formula is C27H27NO6S. The molecule has 0 saturated carbocycles. The summed E-state index contributed by atoms with van der Waals surface area (Å²) >= 11 is 0. The van der Waals surface area contributed by atoms with Gasteiger partial charge in [-0.2, -0.15) is 8.42 Å². The predicted octanol–water partition coefficient (Wildman–Crippen LogP) is 5.20. The van der Waals surface area contributed by atoms with Gasteiger partial charge in [-0.25, -0.2) is 0 Å². The second-order valence-corrected chi connectivity index (χ2v) is 10.3. The van der Waals surface area contributed by atoms with E-state index < -0.39 is 10.1 Å². The van der Waals surface area contributed by atoms with Gasteiger partial charge in [0, 0.05) is 17.9 Å². The van der Waals surface area contributed by atoms with Gasteiger partial charge in [-0.15, -0.1) is 0 Å². The Kier molecular flexibility index (Phi) is 5.94. The summed E-state index contributed by atoms with van der Waals surface area (Å²) in [6.45, 7) is 4.30. The van der Waals surface area contributed by atoms with Gasteiger partial charge in [0.2, 0.25) is 0 Å². The molecule has 1 aliphatic rings. The van der Waals surface area contributed by atoms with E-state index in [1.54, 1.807) is 20.1 Å². The lowest BCUT2D eigenvalue weighted by Crippen LogP contribution is -2.29. The van der Waals surface area contributed by atoms with E-state index in [1.165, 1.54) is 12.1 Å². The molecule has 3 aromatic carbocycles. The van der Waals surface area contributed by atoms with Crippen LogP contribution in [0.4, 0.5) is 0 Å². The predicted molar refractivity (Wildman–Crippen MR) is 134 cm³/mol. The summed E-state index contributed by atoms with van der Waals surface area (Å²) in [5, 5.41) is 10.8. The maximum atomic E-state index is 12.7. The third-order valence-corrected chi connectivity index (χ3v) is 7.92. The quantitative estimate of drug-likeness (QED) is 0.356. The zero-order valence-corrected chi connectivity index (χ0v) is 20.6. The number of methoxy groups -OCH3 is 1. The lowest BCUT2D eigenvalue weighted by Gasteiger charge is -2.27. The smallest absolute Gasteiger partial charge is 0.297 e. The van der Waals surface area contributed by atoms with E-state index in [-0.39, 0.29) is 23.4 Å². The first-order valence-corrected chi connectivity index (χ1v) is 12.8. The van der Waals surface area contributed by atoms with Crippen molar-refractivity contribution in [3.8, 4) is 28.5 Å². The van der Waals surface area contributed by atoms with Crippen molar-refractivity contribution in [3.63, 3.8) is 0 Å². The number of hydrogen-bond donors (Lipinski definition) is 1. The monoisotopic (exact) mass is 493 g/mol. The summed E-state index contributed by atoms with van der Waals surface area (Å²) in [6, 6.07) is 18.2. The fraction of sp³-hybridized carbons (Fsp3) is 0.259. The highest BCUT2D eigenvalue weighted by Crippen LogP contribution is 2.41. The van der Waals surface area contributed by atoms with Crippen molar-refractivity contribution in [2.75, 3.05) is 13.7 Å². The van der Waals surface area contributed by atoms with Crippen LogP contribution in [0, 0.1) is 13.8 Å². The first-order valence-electron chi connectivity index (χ1n) is 11.4. The second-order valence-electron chi connectivity index (χ2n) is 8.72. The van der Waals surface area contributed by atoms with Crippen LogP contribution in [0.5, 0.6) is 17.2 Å². The Bertz CT molecular complexity index is 1510. The molecule has 2 heterocycles. The van der Waals surface area contributed by atoms with Crippen LogP contribution in [0.2, 0.25) is 0 Å². The molecule has 1 unspecified atom stereocenters. The molecule has 5 rings (SSSR count). The average molecular weight is 494 g/mol. The minimum atomic E-state index is -4.00. The van der Waals surface area contributed by atoms with Crippen molar-refractivity contribution in [3.05, 3.63) is 71.8 Å². The van der Waals surface area contributed by atoms with Crippen molar-refractivity contribution in [1.82, 2.24) is 4.57 Å². The molecule has 8 heteroatoms. The minimum absolute atomic E-state index is 0.0306. The number of aromatic hydroxyl groups is 1. The van der Waals surface area contributed by atoms with E-state index in [0.29, 0.717) is 18.5 Å². The van der Waals surface area contributed by atoms with Crippen molar-refractivity contribution < 1.29 is 27.2 Å². The normalized spacial score (nSPS) is 15.2. The number of phenolic OH excluding ortho intramolecular Hbond substituents is 1. The number of aromatic nitrogens is 1. The van der Waals surface area contributed by atoms with E-state index >= 15 is 0 Å². The zero-order valence-electron chi connectivity index (χ0n) is 19.8. The highest BCUT2D eigenvalue weighted by molar-refractivity contribution is 7.86. The highest BCUT2D eigenvalue weighted by Gasteiger charge is 2.28.